The fraction of sp³-hybridized carbons (Fsp3) is 0.692. The number of rotatable bonds is 3. The summed E-state index contributed by atoms with van der Waals surface area (Å²) in [6, 6.07) is 0. The van der Waals surface area contributed by atoms with E-state index in [-0.39, 0.29) is 22.7 Å². The summed E-state index contributed by atoms with van der Waals surface area (Å²) in [4.78, 5) is 25.7. The van der Waals surface area contributed by atoms with Gasteiger partial charge in [0.1, 0.15) is 5.78 Å². The van der Waals surface area contributed by atoms with Crippen molar-refractivity contribution in [3.05, 3.63) is 35.6 Å². The zero-order valence-electron chi connectivity index (χ0n) is 18.9. The normalized spacial score (nSPS) is 40.7. The molecular weight excluding hydrogens is 358 g/mol. The van der Waals surface area contributed by atoms with Crippen LogP contribution in [0.3, 0.4) is 0 Å². The van der Waals surface area contributed by atoms with Crippen LogP contribution >= 0.6 is 0 Å². The standard InChI is InChI=1S/C26H37NO2/c1-16(27(6)18(3)29)19-11-13-25(4)20(15-19)7-8-21-23-10-9-22(17(2)28)26(23,5)14-12-24(21)25/h7,15,21-24H,1,8-14H2,2-6H3. The van der Waals surface area contributed by atoms with Gasteiger partial charge in [-0.05, 0) is 91.6 Å². The third-order valence-corrected chi connectivity index (χ3v) is 9.51. The van der Waals surface area contributed by atoms with Crippen LogP contribution in [0, 0.1) is 34.5 Å². The van der Waals surface area contributed by atoms with Gasteiger partial charge in [-0.1, -0.05) is 32.6 Å². The number of ketones is 1. The summed E-state index contributed by atoms with van der Waals surface area (Å²) in [7, 11) is 1.82. The minimum absolute atomic E-state index is 0.0368. The van der Waals surface area contributed by atoms with E-state index in [4.69, 9.17) is 0 Å². The van der Waals surface area contributed by atoms with Gasteiger partial charge in [-0.2, -0.15) is 0 Å². The number of allylic oxidation sites excluding steroid dienone is 4. The van der Waals surface area contributed by atoms with Gasteiger partial charge in [-0.15, -0.1) is 0 Å². The van der Waals surface area contributed by atoms with Crippen molar-refractivity contribution in [3.63, 3.8) is 0 Å². The third-order valence-electron chi connectivity index (χ3n) is 9.51. The molecule has 0 radical (unpaired) electrons. The van der Waals surface area contributed by atoms with Crippen molar-refractivity contribution >= 4 is 11.7 Å². The maximum Gasteiger partial charge on any atom is 0.223 e. The largest absolute Gasteiger partial charge is 0.316 e. The SMILES string of the molecule is C=C(C1=CC2=CCC3C(CCC4(C)C(C(C)=O)CCC34)C2(C)CC1)N(C)C(C)=O. The molecule has 0 saturated heterocycles. The number of amides is 1. The molecule has 4 rings (SSSR count). The van der Waals surface area contributed by atoms with Crippen LogP contribution in [0.1, 0.15) is 72.6 Å². The van der Waals surface area contributed by atoms with E-state index < -0.39 is 0 Å². The van der Waals surface area contributed by atoms with Gasteiger partial charge in [-0.3, -0.25) is 9.59 Å². The number of likely N-dealkylation sites (N-methyl/N-ethyl adjacent to an activating group) is 1. The molecule has 4 aliphatic carbocycles. The summed E-state index contributed by atoms with van der Waals surface area (Å²) in [5.74, 6) is 2.83. The number of carbonyl (C=O) groups excluding carboxylic acids is 2. The summed E-state index contributed by atoms with van der Waals surface area (Å²) in [6.45, 7) is 12.5. The molecule has 0 aliphatic heterocycles. The molecule has 2 fully saturated rings. The van der Waals surface area contributed by atoms with Gasteiger partial charge in [-0.25, -0.2) is 0 Å². The Kier molecular flexibility index (Phi) is 4.95. The van der Waals surface area contributed by atoms with E-state index in [0.29, 0.717) is 23.5 Å². The van der Waals surface area contributed by atoms with E-state index in [9.17, 15) is 9.59 Å². The van der Waals surface area contributed by atoms with Crippen molar-refractivity contribution in [2.75, 3.05) is 7.05 Å². The highest BCUT2D eigenvalue weighted by Crippen LogP contribution is 2.66. The first-order chi connectivity index (χ1) is 13.6. The van der Waals surface area contributed by atoms with Crippen LogP contribution < -0.4 is 0 Å². The van der Waals surface area contributed by atoms with E-state index >= 15 is 0 Å². The van der Waals surface area contributed by atoms with Gasteiger partial charge in [0.25, 0.3) is 0 Å². The van der Waals surface area contributed by atoms with E-state index in [2.05, 4.69) is 32.6 Å². The summed E-state index contributed by atoms with van der Waals surface area (Å²) in [5, 5.41) is 0. The Bertz CT molecular complexity index is 821. The zero-order chi connectivity index (χ0) is 21.1. The van der Waals surface area contributed by atoms with Crippen LogP contribution in [0.25, 0.3) is 0 Å². The van der Waals surface area contributed by atoms with Crippen LogP contribution in [0.4, 0.5) is 0 Å². The molecule has 0 N–H and O–H groups in total. The lowest BCUT2D eigenvalue weighted by molar-refractivity contribution is -0.127. The molecule has 0 aromatic carbocycles. The van der Waals surface area contributed by atoms with Crippen molar-refractivity contribution in [3.8, 4) is 0 Å². The summed E-state index contributed by atoms with van der Waals surface area (Å²) < 4.78 is 0. The first kappa shape index (κ1) is 20.6. The number of nitrogens with zero attached hydrogens (tertiary/aromatic N) is 1. The van der Waals surface area contributed by atoms with Gasteiger partial charge >= 0.3 is 0 Å². The molecule has 6 unspecified atom stereocenters. The molecule has 3 nitrogen and oxygen atoms in total. The molecule has 2 saturated carbocycles. The second-order valence-corrected chi connectivity index (χ2v) is 10.7. The highest BCUT2D eigenvalue weighted by Gasteiger charge is 2.58. The maximum atomic E-state index is 12.3. The van der Waals surface area contributed by atoms with Gasteiger partial charge in [0.05, 0.1) is 0 Å². The molecular formula is C26H37NO2. The lowest BCUT2D eigenvalue weighted by Crippen LogP contribution is -2.49. The molecule has 0 bridgehead atoms. The Morgan fingerprint density at radius 2 is 1.83 bits per heavy atom. The molecule has 4 aliphatic rings. The molecule has 0 aromatic heterocycles. The number of carbonyl (C=O) groups is 2. The molecule has 29 heavy (non-hydrogen) atoms. The zero-order valence-corrected chi connectivity index (χ0v) is 18.9. The summed E-state index contributed by atoms with van der Waals surface area (Å²) in [5.41, 5.74) is 3.95. The van der Waals surface area contributed by atoms with Crippen molar-refractivity contribution in [2.45, 2.75) is 72.6 Å². The lowest BCUT2D eigenvalue weighted by Gasteiger charge is -2.57. The Morgan fingerprint density at radius 3 is 2.48 bits per heavy atom. The van der Waals surface area contributed by atoms with E-state index in [1.54, 1.807) is 11.8 Å². The Balaban J connectivity index is 1.63. The molecule has 0 aromatic rings. The second-order valence-electron chi connectivity index (χ2n) is 10.7. The highest BCUT2D eigenvalue weighted by atomic mass is 16.2. The lowest BCUT2D eigenvalue weighted by atomic mass is 9.47. The van der Waals surface area contributed by atoms with E-state index in [1.807, 2.05) is 14.0 Å². The van der Waals surface area contributed by atoms with Crippen molar-refractivity contribution in [1.82, 2.24) is 4.90 Å². The molecule has 3 heteroatoms. The van der Waals surface area contributed by atoms with Crippen LogP contribution in [-0.4, -0.2) is 23.6 Å². The number of hydrogen-bond donors (Lipinski definition) is 0. The third kappa shape index (κ3) is 2.99. The second kappa shape index (κ2) is 6.96. The predicted octanol–water partition coefficient (Wildman–Crippen LogP) is 5.68. The number of Topliss-reactive ketones (excluding diaryl/α,β-unsaturated/α-hetero) is 1. The van der Waals surface area contributed by atoms with Crippen LogP contribution in [0.15, 0.2) is 35.6 Å². The van der Waals surface area contributed by atoms with Gasteiger partial charge in [0.15, 0.2) is 0 Å². The predicted molar refractivity (Wildman–Crippen MR) is 117 cm³/mol. The average Bonchev–Trinajstić information content (AvgIpc) is 3.03. The molecule has 0 spiro atoms. The Labute approximate surface area is 176 Å². The number of hydrogen-bond acceptors (Lipinski definition) is 2. The fourth-order valence-electron chi connectivity index (χ4n) is 7.63. The smallest absolute Gasteiger partial charge is 0.223 e. The molecule has 158 valence electrons. The van der Waals surface area contributed by atoms with Crippen LogP contribution in [0.5, 0.6) is 0 Å². The van der Waals surface area contributed by atoms with Crippen molar-refractivity contribution < 1.29 is 9.59 Å². The Hall–Kier alpha value is -1.64. The average molecular weight is 396 g/mol. The number of fused-ring (bicyclic) bond motifs is 5. The Morgan fingerprint density at radius 1 is 1.10 bits per heavy atom. The topological polar surface area (TPSA) is 37.4 Å². The van der Waals surface area contributed by atoms with Crippen LogP contribution in [0.2, 0.25) is 0 Å². The highest BCUT2D eigenvalue weighted by molar-refractivity contribution is 5.79. The minimum Gasteiger partial charge on any atom is -0.316 e. The van der Waals surface area contributed by atoms with Gasteiger partial charge in [0.2, 0.25) is 5.91 Å². The van der Waals surface area contributed by atoms with Crippen molar-refractivity contribution in [2.24, 2.45) is 34.5 Å². The van der Waals surface area contributed by atoms with E-state index in [1.165, 1.54) is 30.4 Å². The van der Waals surface area contributed by atoms with Gasteiger partial charge < -0.3 is 4.90 Å². The molecule has 6 atom stereocenters. The first-order valence-electron chi connectivity index (χ1n) is 11.4. The molecule has 0 heterocycles. The summed E-state index contributed by atoms with van der Waals surface area (Å²) >= 11 is 0. The monoisotopic (exact) mass is 395 g/mol. The quantitative estimate of drug-likeness (QED) is 0.616. The fourth-order valence-corrected chi connectivity index (χ4v) is 7.63. The molecule has 1 amide bonds. The first-order valence-corrected chi connectivity index (χ1v) is 11.4. The van der Waals surface area contributed by atoms with Gasteiger partial charge in [0, 0.05) is 25.6 Å². The van der Waals surface area contributed by atoms with E-state index in [0.717, 1.165) is 31.4 Å². The van der Waals surface area contributed by atoms with Crippen molar-refractivity contribution in [1.29, 1.82) is 0 Å². The minimum atomic E-state index is 0.0368. The van der Waals surface area contributed by atoms with Crippen LogP contribution in [-0.2, 0) is 9.59 Å². The summed E-state index contributed by atoms with van der Waals surface area (Å²) in [6.07, 6.45) is 12.8. The maximum absolute atomic E-state index is 12.3.